The Hall–Kier alpha value is -2.16. The lowest BCUT2D eigenvalue weighted by atomic mass is 9.62. The number of aliphatic hydroxyl groups is 1. The van der Waals surface area contributed by atoms with E-state index >= 15 is 0 Å². The first-order valence-corrected chi connectivity index (χ1v) is 9.05. The number of amides is 2. The summed E-state index contributed by atoms with van der Waals surface area (Å²) in [4.78, 5) is 24.1. The zero-order valence-corrected chi connectivity index (χ0v) is 15.3. The van der Waals surface area contributed by atoms with Gasteiger partial charge in [-0.25, -0.2) is 17.6 Å². The molecule has 28 heavy (non-hydrogen) atoms. The molecule has 1 aliphatic carbocycles. The largest absolute Gasteiger partial charge is 0.393 e. The van der Waals surface area contributed by atoms with Crippen LogP contribution >= 0.6 is 0 Å². The topological polar surface area (TPSA) is 106 Å². The van der Waals surface area contributed by atoms with Gasteiger partial charge in [-0.3, -0.25) is 9.59 Å². The van der Waals surface area contributed by atoms with Crippen molar-refractivity contribution >= 4 is 11.8 Å². The Balaban J connectivity index is 2.10. The Morgan fingerprint density at radius 1 is 1.04 bits per heavy atom. The van der Waals surface area contributed by atoms with Crippen LogP contribution in [0.3, 0.4) is 0 Å². The second-order valence-electron chi connectivity index (χ2n) is 7.54. The minimum atomic E-state index is -2.94. The van der Waals surface area contributed by atoms with E-state index in [9.17, 15) is 32.3 Å². The quantitative estimate of drug-likeness (QED) is 0.579. The third-order valence-corrected chi connectivity index (χ3v) is 5.57. The number of aryl methyl sites for hydroxylation is 1. The van der Waals surface area contributed by atoms with Crippen molar-refractivity contribution < 1.29 is 32.3 Å². The normalized spacial score (nSPS) is 20.3. The highest BCUT2D eigenvalue weighted by molar-refractivity contribution is 5.89. The lowest BCUT2D eigenvalue weighted by Crippen LogP contribution is -2.52. The molecule has 5 nitrogen and oxygen atoms in total. The molecule has 5 N–H and O–H groups in total. The van der Waals surface area contributed by atoms with Crippen molar-refractivity contribution in [2.75, 3.05) is 0 Å². The van der Waals surface area contributed by atoms with E-state index in [1.54, 1.807) is 0 Å². The van der Waals surface area contributed by atoms with Gasteiger partial charge >= 0.3 is 0 Å². The third-order valence-electron chi connectivity index (χ3n) is 5.57. The van der Waals surface area contributed by atoms with E-state index in [-0.39, 0.29) is 32.1 Å². The minimum absolute atomic E-state index is 0.0394. The van der Waals surface area contributed by atoms with E-state index in [0.717, 1.165) is 18.2 Å². The van der Waals surface area contributed by atoms with Crippen LogP contribution in [0.25, 0.3) is 0 Å². The SMILES string of the molecule is NC(=O)C(CC(O)CCc1cc(F)cc(F)c1)C1(C(N)=O)CCC(F)(F)CC1. The van der Waals surface area contributed by atoms with Crippen molar-refractivity contribution in [3.8, 4) is 0 Å². The molecule has 0 saturated heterocycles. The zero-order chi connectivity index (χ0) is 21.1. The van der Waals surface area contributed by atoms with E-state index in [4.69, 9.17) is 11.5 Å². The second kappa shape index (κ2) is 8.46. The summed E-state index contributed by atoms with van der Waals surface area (Å²) < 4.78 is 53.5. The Morgan fingerprint density at radius 2 is 1.57 bits per heavy atom. The first kappa shape index (κ1) is 22.1. The van der Waals surface area contributed by atoms with Crippen molar-refractivity contribution in [3.05, 3.63) is 35.4 Å². The Labute approximate surface area is 160 Å². The molecule has 2 rings (SSSR count). The number of rotatable bonds is 8. The smallest absolute Gasteiger partial charge is 0.248 e. The van der Waals surface area contributed by atoms with E-state index in [1.807, 2.05) is 0 Å². The lowest BCUT2D eigenvalue weighted by Gasteiger charge is -2.42. The molecule has 0 aliphatic heterocycles. The van der Waals surface area contributed by atoms with Gasteiger partial charge in [0, 0.05) is 18.9 Å². The number of carbonyl (C=O) groups excluding carboxylic acids is 2. The molecule has 1 aliphatic rings. The summed E-state index contributed by atoms with van der Waals surface area (Å²) in [5.74, 6) is -7.46. The number of alkyl halides is 2. The highest BCUT2D eigenvalue weighted by atomic mass is 19.3. The number of benzene rings is 1. The van der Waals surface area contributed by atoms with Crippen molar-refractivity contribution in [1.82, 2.24) is 0 Å². The highest BCUT2D eigenvalue weighted by Crippen LogP contribution is 2.49. The van der Waals surface area contributed by atoms with Crippen LogP contribution in [0.4, 0.5) is 17.6 Å². The number of primary amides is 2. The fraction of sp³-hybridized carbons (Fsp3) is 0.579. The third kappa shape index (κ3) is 5.21. The van der Waals surface area contributed by atoms with Crippen molar-refractivity contribution in [1.29, 1.82) is 0 Å². The van der Waals surface area contributed by atoms with Crippen LogP contribution in [-0.4, -0.2) is 28.9 Å². The van der Waals surface area contributed by atoms with Crippen LogP contribution in [0.1, 0.15) is 44.1 Å². The maximum absolute atomic E-state index is 13.5. The molecule has 9 heteroatoms. The van der Waals surface area contributed by atoms with Gasteiger partial charge in [0.1, 0.15) is 11.6 Å². The van der Waals surface area contributed by atoms with Gasteiger partial charge in [0.2, 0.25) is 17.7 Å². The van der Waals surface area contributed by atoms with Crippen LogP contribution in [0.2, 0.25) is 0 Å². The lowest BCUT2D eigenvalue weighted by molar-refractivity contribution is -0.150. The highest BCUT2D eigenvalue weighted by Gasteiger charge is 2.53. The van der Waals surface area contributed by atoms with Crippen molar-refractivity contribution in [2.45, 2.75) is 57.0 Å². The summed E-state index contributed by atoms with van der Waals surface area (Å²) in [5, 5.41) is 10.3. The second-order valence-corrected chi connectivity index (χ2v) is 7.54. The number of hydrogen-bond donors (Lipinski definition) is 3. The minimum Gasteiger partial charge on any atom is -0.393 e. The number of nitrogens with two attached hydrogens (primary N) is 2. The molecular formula is C19H24F4N2O3. The molecule has 2 amide bonds. The van der Waals surface area contributed by atoms with E-state index in [2.05, 4.69) is 0 Å². The van der Waals surface area contributed by atoms with Gasteiger partial charge in [0.25, 0.3) is 0 Å². The van der Waals surface area contributed by atoms with Crippen molar-refractivity contribution in [3.63, 3.8) is 0 Å². The molecule has 1 saturated carbocycles. The van der Waals surface area contributed by atoms with Gasteiger partial charge < -0.3 is 16.6 Å². The van der Waals surface area contributed by atoms with Gasteiger partial charge in [0.05, 0.1) is 17.4 Å². The van der Waals surface area contributed by atoms with Gasteiger partial charge in [-0.05, 0) is 49.8 Å². The molecular weight excluding hydrogens is 380 g/mol. The standard InChI is InChI=1S/C19H24F4N2O3/c20-12-7-11(8-13(21)9-12)1-2-14(26)10-15(16(24)27)18(17(25)28)3-5-19(22,23)6-4-18/h7-9,14-15,26H,1-6,10H2,(H2,24,27)(H2,25,28). The van der Waals surface area contributed by atoms with E-state index in [1.165, 1.54) is 0 Å². The van der Waals surface area contributed by atoms with Gasteiger partial charge in [-0.2, -0.15) is 0 Å². The molecule has 0 aromatic heterocycles. The number of hydrogen-bond acceptors (Lipinski definition) is 3. The predicted octanol–water partition coefficient (Wildman–Crippen LogP) is 2.43. The first-order valence-electron chi connectivity index (χ1n) is 9.05. The monoisotopic (exact) mass is 404 g/mol. The molecule has 1 aromatic carbocycles. The summed E-state index contributed by atoms with van der Waals surface area (Å²) in [5.41, 5.74) is 9.63. The van der Waals surface area contributed by atoms with Crippen molar-refractivity contribution in [2.24, 2.45) is 22.8 Å². The molecule has 0 spiro atoms. The Kier molecular flexibility index (Phi) is 6.69. The summed E-state index contributed by atoms with van der Waals surface area (Å²) in [7, 11) is 0. The van der Waals surface area contributed by atoms with E-state index < -0.39 is 59.6 Å². The molecule has 1 fully saturated rings. The molecule has 0 bridgehead atoms. The Bertz CT molecular complexity index is 712. The Morgan fingerprint density at radius 3 is 2.04 bits per heavy atom. The number of aliphatic hydroxyl groups excluding tert-OH is 1. The van der Waals surface area contributed by atoms with E-state index in [0.29, 0.717) is 5.56 Å². The fourth-order valence-electron chi connectivity index (χ4n) is 3.92. The summed E-state index contributed by atoms with van der Waals surface area (Å²) in [6, 6.07) is 2.96. The van der Waals surface area contributed by atoms with Crippen LogP contribution < -0.4 is 11.5 Å². The molecule has 2 unspecified atom stereocenters. The number of carbonyl (C=O) groups is 2. The fourth-order valence-corrected chi connectivity index (χ4v) is 3.92. The van der Waals surface area contributed by atoms with Gasteiger partial charge in [-0.15, -0.1) is 0 Å². The maximum atomic E-state index is 13.5. The van der Waals surface area contributed by atoms with Crippen LogP contribution in [-0.2, 0) is 16.0 Å². The number of halogens is 4. The summed E-state index contributed by atoms with van der Waals surface area (Å²) in [6.07, 6.45) is -3.03. The van der Waals surface area contributed by atoms with Crippen LogP contribution in [0.5, 0.6) is 0 Å². The molecule has 0 radical (unpaired) electrons. The predicted molar refractivity (Wildman–Crippen MR) is 93.0 cm³/mol. The van der Waals surface area contributed by atoms with Crippen LogP contribution in [0.15, 0.2) is 18.2 Å². The van der Waals surface area contributed by atoms with Gasteiger partial charge in [0.15, 0.2) is 0 Å². The average Bonchev–Trinajstić information content (AvgIpc) is 2.57. The zero-order valence-electron chi connectivity index (χ0n) is 15.3. The summed E-state index contributed by atoms with van der Waals surface area (Å²) in [6.45, 7) is 0. The maximum Gasteiger partial charge on any atom is 0.248 e. The van der Waals surface area contributed by atoms with Gasteiger partial charge in [-0.1, -0.05) is 0 Å². The summed E-state index contributed by atoms with van der Waals surface area (Å²) >= 11 is 0. The molecule has 2 atom stereocenters. The molecule has 1 aromatic rings. The molecule has 0 heterocycles. The average molecular weight is 404 g/mol. The van der Waals surface area contributed by atoms with Crippen LogP contribution in [0, 0.1) is 23.0 Å². The molecule has 156 valence electrons. The first-order chi connectivity index (χ1) is 12.9.